The Hall–Kier alpha value is -2.86. The fraction of sp³-hybridized carbons (Fsp3) is 0.333. The highest BCUT2D eigenvalue weighted by molar-refractivity contribution is 5.79. The Morgan fingerprint density at radius 2 is 1.59 bits per heavy atom. The summed E-state index contributed by atoms with van der Waals surface area (Å²) >= 11 is 0. The monoisotopic (exact) mass is 369 g/mol. The molecule has 0 bridgehead atoms. The number of ether oxygens (including phenoxy) is 3. The van der Waals surface area contributed by atoms with Gasteiger partial charge in [0.1, 0.15) is 12.8 Å². The van der Waals surface area contributed by atoms with Crippen molar-refractivity contribution in [2.45, 2.75) is 25.0 Å². The van der Waals surface area contributed by atoms with Gasteiger partial charge in [0.05, 0.1) is 7.11 Å². The predicted octanol–water partition coefficient (Wildman–Crippen LogP) is 3.45. The lowest BCUT2D eigenvalue weighted by atomic mass is 9.98. The summed E-state index contributed by atoms with van der Waals surface area (Å²) in [5.41, 5.74) is 4.66. The van der Waals surface area contributed by atoms with Crippen molar-refractivity contribution in [3.8, 4) is 11.1 Å². The summed E-state index contributed by atoms with van der Waals surface area (Å²) in [7, 11) is 2.79. The first-order valence-corrected chi connectivity index (χ1v) is 8.85. The van der Waals surface area contributed by atoms with Crippen molar-refractivity contribution in [2.24, 2.45) is 0 Å². The molecule has 6 heteroatoms. The average Bonchev–Trinajstić information content (AvgIpc) is 3.03. The highest BCUT2D eigenvalue weighted by Gasteiger charge is 2.29. The summed E-state index contributed by atoms with van der Waals surface area (Å²) in [6.07, 6.45) is -0.722. The molecule has 0 saturated heterocycles. The largest absolute Gasteiger partial charge is 0.469 e. The second-order valence-corrected chi connectivity index (χ2v) is 6.31. The van der Waals surface area contributed by atoms with E-state index in [1.807, 2.05) is 24.3 Å². The van der Waals surface area contributed by atoms with E-state index in [0.717, 1.165) is 11.1 Å². The lowest BCUT2D eigenvalue weighted by molar-refractivity contribution is -0.141. The third-order valence-corrected chi connectivity index (χ3v) is 4.75. The first-order valence-electron chi connectivity index (χ1n) is 8.85. The number of rotatable bonds is 7. The number of carbonyl (C=O) groups is 2. The van der Waals surface area contributed by atoms with Gasteiger partial charge in [-0.05, 0) is 22.3 Å². The molecule has 0 aromatic heterocycles. The van der Waals surface area contributed by atoms with Crippen LogP contribution in [-0.4, -0.2) is 39.1 Å². The third-order valence-electron chi connectivity index (χ3n) is 4.75. The molecule has 0 heterocycles. The highest BCUT2D eigenvalue weighted by atomic mass is 16.6. The minimum atomic E-state index is -0.611. The highest BCUT2D eigenvalue weighted by Crippen LogP contribution is 2.44. The molecule has 0 spiro atoms. The molecule has 0 aliphatic heterocycles. The van der Waals surface area contributed by atoms with Gasteiger partial charge in [-0.2, -0.15) is 0 Å². The number of fused-ring (bicyclic) bond motifs is 3. The first kappa shape index (κ1) is 18.9. The van der Waals surface area contributed by atoms with Crippen molar-refractivity contribution in [2.75, 3.05) is 20.8 Å². The smallest absolute Gasteiger partial charge is 0.409 e. The summed E-state index contributed by atoms with van der Waals surface area (Å²) in [5, 5.41) is 2.63. The average molecular weight is 369 g/mol. The third kappa shape index (κ3) is 4.28. The summed E-state index contributed by atoms with van der Waals surface area (Å²) in [6.45, 7) is 0.229. The van der Waals surface area contributed by atoms with Crippen molar-refractivity contribution in [1.82, 2.24) is 5.32 Å². The lowest BCUT2D eigenvalue weighted by Gasteiger charge is -2.18. The number of hydrogen-bond donors (Lipinski definition) is 1. The van der Waals surface area contributed by atoms with Crippen LogP contribution in [0.15, 0.2) is 48.5 Å². The fourth-order valence-corrected chi connectivity index (χ4v) is 3.37. The molecular weight excluding hydrogens is 346 g/mol. The lowest BCUT2D eigenvalue weighted by Crippen LogP contribution is -2.37. The summed E-state index contributed by atoms with van der Waals surface area (Å²) in [5.74, 6) is -0.356. The number of nitrogens with one attached hydrogen (secondary N) is 1. The molecule has 6 nitrogen and oxygen atoms in total. The molecule has 3 rings (SSSR count). The normalized spacial score (nSPS) is 13.4. The number of alkyl carbamates (subject to hydrolysis) is 1. The van der Waals surface area contributed by atoms with Crippen LogP contribution in [0.3, 0.4) is 0 Å². The van der Waals surface area contributed by atoms with Gasteiger partial charge < -0.3 is 14.2 Å². The number of benzene rings is 2. The maximum Gasteiger partial charge on any atom is 0.409 e. The SMILES string of the molecule is COC(=O)CCC(NC(=O)OCC1c2ccccc2-c2ccccc21)OC. The van der Waals surface area contributed by atoms with E-state index in [2.05, 4.69) is 34.3 Å². The number of carbonyl (C=O) groups excluding carboxylic acids is 2. The molecule has 1 atom stereocenters. The number of methoxy groups -OCH3 is 2. The van der Waals surface area contributed by atoms with Crippen LogP contribution in [0.4, 0.5) is 4.79 Å². The Bertz CT molecular complexity index is 774. The van der Waals surface area contributed by atoms with Crippen LogP contribution in [0, 0.1) is 0 Å². The molecule has 27 heavy (non-hydrogen) atoms. The molecule has 0 fully saturated rings. The van der Waals surface area contributed by atoms with Gasteiger partial charge in [0.2, 0.25) is 0 Å². The second-order valence-electron chi connectivity index (χ2n) is 6.31. The van der Waals surface area contributed by atoms with Crippen LogP contribution in [0.25, 0.3) is 11.1 Å². The molecule has 142 valence electrons. The van der Waals surface area contributed by atoms with Crippen LogP contribution >= 0.6 is 0 Å². The van der Waals surface area contributed by atoms with Crippen LogP contribution in [-0.2, 0) is 19.0 Å². The molecule has 0 radical (unpaired) electrons. The zero-order valence-corrected chi connectivity index (χ0v) is 15.4. The Labute approximate surface area is 158 Å². The van der Waals surface area contributed by atoms with Crippen molar-refractivity contribution >= 4 is 12.1 Å². The van der Waals surface area contributed by atoms with E-state index < -0.39 is 12.3 Å². The van der Waals surface area contributed by atoms with Crippen LogP contribution in [0.1, 0.15) is 29.9 Å². The van der Waals surface area contributed by atoms with E-state index in [4.69, 9.17) is 9.47 Å². The second kappa shape index (κ2) is 8.68. The molecule has 1 amide bonds. The number of hydrogen-bond acceptors (Lipinski definition) is 5. The first-order chi connectivity index (χ1) is 13.1. The molecule has 1 N–H and O–H groups in total. The molecule has 1 aliphatic rings. The van der Waals surface area contributed by atoms with Gasteiger partial charge in [0, 0.05) is 25.9 Å². The maximum absolute atomic E-state index is 12.2. The zero-order valence-electron chi connectivity index (χ0n) is 15.4. The molecule has 1 aliphatic carbocycles. The van der Waals surface area contributed by atoms with E-state index in [-0.39, 0.29) is 24.9 Å². The standard InChI is InChI=1S/C21H23NO5/c1-25-19(11-12-20(23)26-2)22-21(24)27-13-18-16-9-5-3-7-14(16)15-8-4-6-10-17(15)18/h3-10,18-19H,11-13H2,1-2H3,(H,22,24). The van der Waals surface area contributed by atoms with E-state index in [1.165, 1.54) is 25.3 Å². The molecule has 2 aromatic carbocycles. The summed E-state index contributed by atoms with van der Waals surface area (Å²) in [6, 6.07) is 16.3. The quantitative estimate of drug-likeness (QED) is 0.598. The minimum Gasteiger partial charge on any atom is -0.469 e. The Morgan fingerprint density at radius 3 is 2.15 bits per heavy atom. The van der Waals surface area contributed by atoms with Gasteiger partial charge in [-0.1, -0.05) is 48.5 Å². The van der Waals surface area contributed by atoms with Gasteiger partial charge in [-0.25, -0.2) is 4.79 Å². The Kier molecular flexibility index (Phi) is 6.08. The summed E-state index contributed by atoms with van der Waals surface area (Å²) < 4.78 is 15.2. The van der Waals surface area contributed by atoms with Gasteiger partial charge in [-0.3, -0.25) is 10.1 Å². The number of esters is 1. The topological polar surface area (TPSA) is 73.9 Å². The predicted molar refractivity (Wildman–Crippen MR) is 100 cm³/mol. The van der Waals surface area contributed by atoms with E-state index in [1.54, 1.807) is 0 Å². The molecule has 2 aromatic rings. The van der Waals surface area contributed by atoms with Crippen LogP contribution in [0.5, 0.6) is 0 Å². The maximum atomic E-state index is 12.2. The van der Waals surface area contributed by atoms with Crippen molar-refractivity contribution < 1.29 is 23.8 Å². The van der Waals surface area contributed by atoms with E-state index in [0.29, 0.717) is 6.42 Å². The van der Waals surface area contributed by atoms with E-state index >= 15 is 0 Å². The fourth-order valence-electron chi connectivity index (χ4n) is 3.37. The van der Waals surface area contributed by atoms with Gasteiger partial charge in [0.15, 0.2) is 0 Å². The molecule has 1 unspecified atom stereocenters. The van der Waals surface area contributed by atoms with Crippen molar-refractivity contribution in [3.05, 3.63) is 59.7 Å². The zero-order chi connectivity index (χ0) is 19.2. The van der Waals surface area contributed by atoms with Crippen molar-refractivity contribution in [1.29, 1.82) is 0 Å². The number of amides is 1. The van der Waals surface area contributed by atoms with Gasteiger partial charge in [0.25, 0.3) is 0 Å². The van der Waals surface area contributed by atoms with Crippen LogP contribution in [0.2, 0.25) is 0 Å². The van der Waals surface area contributed by atoms with Gasteiger partial charge >= 0.3 is 12.1 Å². The minimum absolute atomic E-state index is 0.000728. The molecule has 0 saturated carbocycles. The Morgan fingerprint density at radius 1 is 1.00 bits per heavy atom. The molecular formula is C21H23NO5. The summed E-state index contributed by atoms with van der Waals surface area (Å²) in [4.78, 5) is 23.4. The van der Waals surface area contributed by atoms with Gasteiger partial charge in [-0.15, -0.1) is 0 Å². The Balaban J connectivity index is 1.61. The van der Waals surface area contributed by atoms with Crippen LogP contribution < -0.4 is 5.32 Å². The van der Waals surface area contributed by atoms with E-state index in [9.17, 15) is 9.59 Å². The van der Waals surface area contributed by atoms with Crippen molar-refractivity contribution in [3.63, 3.8) is 0 Å².